The van der Waals surface area contributed by atoms with Crippen molar-refractivity contribution in [2.75, 3.05) is 36.1 Å². The number of nitrogen functional groups attached to an aromatic ring is 1. The van der Waals surface area contributed by atoms with E-state index < -0.39 is 0 Å². The lowest BCUT2D eigenvalue weighted by molar-refractivity contribution is 0.102. The molecule has 1 aliphatic rings. The number of carbonyl (C=O) groups excluding carboxylic acids is 1. The number of nitrogens with one attached hydrogen (secondary N) is 1. The molecular weight excluding hydrogens is 290 g/mol. The highest BCUT2D eigenvalue weighted by Crippen LogP contribution is 2.29. The van der Waals surface area contributed by atoms with Crippen LogP contribution in [0.15, 0.2) is 42.5 Å². The second-order valence-corrected chi connectivity index (χ2v) is 5.65. The van der Waals surface area contributed by atoms with Crippen molar-refractivity contribution in [3.05, 3.63) is 48.0 Å². The number of anilines is 3. The first-order chi connectivity index (χ1) is 11.2. The lowest BCUT2D eigenvalue weighted by Gasteiger charge is -2.20. The van der Waals surface area contributed by atoms with Crippen LogP contribution in [0.1, 0.15) is 23.2 Å². The summed E-state index contributed by atoms with van der Waals surface area (Å²) in [5.74, 6) is 0.471. The highest BCUT2D eigenvalue weighted by molar-refractivity contribution is 6.04. The molecule has 0 atom stereocenters. The fraction of sp³-hybridized carbons (Fsp3) is 0.278. The molecule has 23 heavy (non-hydrogen) atoms. The maximum absolute atomic E-state index is 12.3. The van der Waals surface area contributed by atoms with Crippen molar-refractivity contribution >= 4 is 23.0 Å². The van der Waals surface area contributed by atoms with Crippen LogP contribution in [0, 0.1) is 0 Å². The van der Waals surface area contributed by atoms with Gasteiger partial charge in [-0.15, -0.1) is 0 Å². The minimum Gasteiger partial charge on any atom is -0.497 e. The maximum Gasteiger partial charge on any atom is 0.255 e. The molecule has 5 nitrogen and oxygen atoms in total. The van der Waals surface area contributed by atoms with E-state index in [0.717, 1.165) is 18.8 Å². The first-order valence-electron chi connectivity index (χ1n) is 7.77. The lowest BCUT2D eigenvalue weighted by Crippen LogP contribution is -2.19. The summed E-state index contributed by atoms with van der Waals surface area (Å²) < 4.78 is 5.14. The van der Waals surface area contributed by atoms with E-state index in [1.54, 1.807) is 31.4 Å². The van der Waals surface area contributed by atoms with Gasteiger partial charge in [-0.1, -0.05) is 6.07 Å². The van der Waals surface area contributed by atoms with Gasteiger partial charge in [-0.25, -0.2) is 0 Å². The molecule has 0 bridgehead atoms. The summed E-state index contributed by atoms with van der Waals surface area (Å²) in [4.78, 5) is 14.6. The molecule has 120 valence electrons. The molecule has 0 aliphatic carbocycles. The Kier molecular flexibility index (Phi) is 4.37. The van der Waals surface area contributed by atoms with Crippen molar-refractivity contribution in [3.63, 3.8) is 0 Å². The van der Waals surface area contributed by atoms with E-state index in [0.29, 0.717) is 22.7 Å². The molecule has 0 aromatic heterocycles. The summed E-state index contributed by atoms with van der Waals surface area (Å²) in [6.45, 7) is 2.08. The molecular formula is C18H21N3O2. The molecule has 1 saturated heterocycles. The van der Waals surface area contributed by atoms with Gasteiger partial charge in [-0.2, -0.15) is 0 Å². The fourth-order valence-electron chi connectivity index (χ4n) is 2.85. The normalized spacial score (nSPS) is 13.9. The number of carbonyl (C=O) groups is 1. The predicted octanol–water partition coefficient (Wildman–Crippen LogP) is 3.13. The standard InChI is InChI=1S/C18H21N3O2/c1-23-15-6-4-5-13(11-15)18(22)20-14-7-8-17(16(19)12-14)21-9-2-3-10-21/h4-8,11-12H,2-3,9-10,19H2,1H3,(H,20,22). The molecule has 2 aromatic rings. The maximum atomic E-state index is 12.3. The Bertz CT molecular complexity index is 709. The van der Waals surface area contributed by atoms with Crippen molar-refractivity contribution in [2.45, 2.75) is 12.8 Å². The van der Waals surface area contributed by atoms with Crippen LogP contribution >= 0.6 is 0 Å². The second-order valence-electron chi connectivity index (χ2n) is 5.65. The summed E-state index contributed by atoms with van der Waals surface area (Å²) in [7, 11) is 1.58. The molecule has 0 spiro atoms. The molecule has 1 fully saturated rings. The largest absolute Gasteiger partial charge is 0.497 e. The first kappa shape index (κ1) is 15.2. The van der Waals surface area contributed by atoms with Gasteiger partial charge < -0.3 is 20.7 Å². The van der Waals surface area contributed by atoms with Gasteiger partial charge >= 0.3 is 0 Å². The van der Waals surface area contributed by atoms with E-state index in [9.17, 15) is 4.79 Å². The SMILES string of the molecule is COc1cccc(C(=O)Nc2ccc(N3CCCC3)c(N)c2)c1. The average Bonchev–Trinajstić information content (AvgIpc) is 3.09. The van der Waals surface area contributed by atoms with Crippen LogP contribution in [0.5, 0.6) is 5.75 Å². The van der Waals surface area contributed by atoms with Gasteiger partial charge in [-0.05, 0) is 49.2 Å². The van der Waals surface area contributed by atoms with Crippen LogP contribution in [0.4, 0.5) is 17.1 Å². The third-order valence-electron chi connectivity index (χ3n) is 4.06. The predicted molar refractivity (Wildman–Crippen MR) is 93.2 cm³/mol. The van der Waals surface area contributed by atoms with Gasteiger partial charge in [-0.3, -0.25) is 4.79 Å². The minimum absolute atomic E-state index is 0.183. The number of hydrogen-bond acceptors (Lipinski definition) is 4. The zero-order chi connectivity index (χ0) is 16.2. The highest BCUT2D eigenvalue weighted by atomic mass is 16.5. The van der Waals surface area contributed by atoms with Gasteiger partial charge in [0.15, 0.2) is 0 Å². The van der Waals surface area contributed by atoms with Gasteiger partial charge in [0.2, 0.25) is 0 Å². The number of hydrogen-bond donors (Lipinski definition) is 2. The van der Waals surface area contributed by atoms with Crippen LogP contribution in [-0.2, 0) is 0 Å². The van der Waals surface area contributed by atoms with Crippen LogP contribution in [0.3, 0.4) is 0 Å². The minimum atomic E-state index is -0.183. The average molecular weight is 311 g/mol. The van der Waals surface area contributed by atoms with Crippen molar-refractivity contribution in [3.8, 4) is 5.75 Å². The number of nitrogens with two attached hydrogens (primary N) is 1. The second kappa shape index (κ2) is 6.60. The summed E-state index contributed by atoms with van der Waals surface area (Å²) in [6.07, 6.45) is 2.40. The third kappa shape index (κ3) is 3.39. The highest BCUT2D eigenvalue weighted by Gasteiger charge is 2.15. The Morgan fingerprint density at radius 3 is 2.65 bits per heavy atom. The van der Waals surface area contributed by atoms with Crippen LogP contribution in [-0.4, -0.2) is 26.1 Å². The van der Waals surface area contributed by atoms with Crippen LogP contribution < -0.4 is 20.7 Å². The summed E-state index contributed by atoms with van der Waals surface area (Å²) in [5, 5.41) is 2.88. The van der Waals surface area contributed by atoms with Crippen molar-refractivity contribution < 1.29 is 9.53 Å². The lowest BCUT2D eigenvalue weighted by atomic mass is 10.2. The van der Waals surface area contributed by atoms with Gasteiger partial charge in [0.25, 0.3) is 5.91 Å². The number of nitrogens with zero attached hydrogens (tertiary/aromatic N) is 1. The zero-order valence-electron chi connectivity index (χ0n) is 13.2. The number of rotatable bonds is 4. The number of methoxy groups -OCH3 is 1. The van der Waals surface area contributed by atoms with Crippen LogP contribution in [0.25, 0.3) is 0 Å². The van der Waals surface area contributed by atoms with E-state index in [1.165, 1.54) is 12.8 Å². The van der Waals surface area contributed by atoms with Gasteiger partial charge in [0.05, 0.1) is 18.5 Å². The molecule has 1 amide bonds. The Hall–Kier alpha value is -2.69. The fourth-order valence-corrected chi connectivity index (χ4v) is 2.85. The molecule has 1 heterocycles. The Balaban J connectivity index is 1.74. The van der Waals surface area contributed by atoms with E-state index in [1.807, 2.05) is 18.2 Å². The number of ether oxygens (including phenoxy) is 1. The van der Waals surface area contributed by atoms with Crippen molar-refractivity contribution in [1.29, 1.82) is 0 Å². The Labute approximate surface area is 136 Å². The van der Waals surface area contributed by atoms with E-state index in [-0.39, 0.29) is 5.91 Å². The molecule has 2 aromatic carbocycles. The third-order valence-corrected chi connectivity index (χ3v) is 4.06. The quantitative estimate of drug-likeness (QED) is 0.851. The van der Waals surface area contributed by atoms with Gasteiger partial charge in [0.1, 0.15) is 5.75 Å². The van der Waals surface area contributed by atoms with Gasteiger partial charge in [0, 0.05) is 24.3 Å². The monoisotopic (exact) mass is 311 g/mol. The molecule has 3 N–H and O–H groups in total. The molecule has 1 aliphatic heterocycles. The summed E-state index contributed by atoms with van der Waals surface area (Å²) in [5.41, 5.74) is 9.12. The zero-order valence-corrected chi connectivity index (χ0v) is 13.2. The van der Waals surface area contributed by atoms with Crippen molar-refractivity contribution in [2.24, 2.45) is 0 Å². The Morgan fingerprint density at radius 1 is 1.17 bits per heavy atom. The topological polar surface area (TPSA) is 67.6 Å². The molecule has 0 radical (unpaired) electrons. The van der Waals surface area contributed by atoms with E-state index in [2.05, 4.69) is 10.2 Å². The van der Waals surface area contributed by atoms with E-state index >= 15 is 0 Å². The van der Waals surface area contributed by atoms with Crippen molar-refractivity contribution in [1.82, 2.24) is 0 Å². The van der Waals surface area contributed by atoms with Crippen LogP contribution in [0.2, 0.25) is 0 Å². The summed E-state index contributed by atoms with van der Waals surface area (Å²) in [6, 6.07) is 12.7. The smallest absolute Gasteiger partial charge is 0.255 e. The Morgan fingerprint density at radius 2 is 1.96 bits per heavy atom. The molecule has 0 unspecified atom stereocenters. The molecule has 3 rings (SSSR count). The molecule has 5 heteroatoms. The van der Waals surface area contributed by atoms with E-state index in [4.69, 9.17) is 10.5 Å². The molecule has 0 saturated carbocycles. The number of benzene rings is 2. The number of amides is 1. The first-order valence-corrected chi connectivity index (χ1v) is 7.77. The summed E-state index contributed by atoms with van der Waals surface area (Å²) >= 11 is 0.